The molecule has 2 unspecified atom stereocenters. The fourth-order valence-corrected chi connectivity index (χ4v) is 1.13. The van der Waals surface area contributed by atoms with Crippen molar-refractivity contribution in [1.82, 2.24) is 0 Å². The normalized spacial score (nSPS) is 33.1. The number of hydrogen-bond donors (Lipinski definition) is 1. The molecule has 0 spiro atoms. The van der Waals surface area contributed by atoms with Gasteiger partial charge in [0.1, 0.15) is 5.92 Å². The molecule has 0 bridgehead atoms. The van der Waals surface area contributed by atoms with Gasteiger partial charge in [-0.3, -0.25) is 4.79 Å². The van der Waals surface area contributed by atoms with Crippen LogP contribution in [0.2, 0.25) is 0 Å². The van der Waals surface area contributed by atoms with E-state index in [1.54, 1.807) is 0 Å². The molecule has 1 heterocycles. The number of hydrogen-bond acceptors (Lipinski definition) is 2. The van der Waals surface area contributed by atoms with Crippen LogP contribution in [0.4, 0.5) is 13.2 Å². The van der Waals surface area contributed by atoms with Crippen LogP contribution >= 0.6 is 0 Å². The topological polar surface area (TPSA) is 52.3 Å². The molecule has 1 amide bonds. The average molecular weight is 195 g/mol. The molecule has 74 valence electrons. The molecular formula is C7H8F3NO2. The Bertz CT molecular complexity index is 261. The molecule has 0 saturated carbocycles. The number of amides is 1. The van der Waals surface area contributed by atoms with Gasteiger partial charge in [0.05, 0.1) is 6.26 Å². The largest absolute Gasteiger partial charge is 0.485 e. The van der Waals surface area contributed by atoms with Crippen LogP contribution in [-0.4, -0.2) is 17.7 Å². The van der Waals surface area contributed by atoms with Gasteiger partial charge in [0.15, 0.2) is 0 Å². The molecule has 0 aromatic carbocycles. The molecule has 0 fully saturated rings. The number of halogens is 3. The maximum Gasteiger partial charge on any atom is 0.429 e. The Morgan fingerprint density at radius 1 is 1.62 bits per heavy atom. The second-order valence-electron chi connectivity index (χ2n) is 2.93. The molecule has 0 radical (unpaired) electrons. The van der Waals surface area contributed by atoms with E-state index in [-0.39, 0.29) is 0 Å². The third-order valence-corrected chi connectivity index (χ3v) is 2.05. The number of ether oxygens (including phenoxy) is 1. The minimum atomic E-state index is -4.61. The van der Waals surface area contributed by atoms with Crippen molar-refractivity contribution in [2.75, 3.05) is 0 Å². The first-order valence-corrected chi connectivity index (χ1v) is 3.49. The van der Waals surface area contributed by atoms with Gasteiger partial charge >= 0.3 is 6.18 Å². The van der Waals surface area contributed by atoms with E-state index >= 15 is 0 Å². The summed E-state index contributed by atoms with van der Waals surface area (Å²) >= 11 is 0. The van der Waals surface area contributed by atoms with Gasteiger partial charge in [0.25, 0.3) is 0 Å². The van der Waals surface area contributed by atoms with Crippen LogP contribution in [0.1, 0.15) is 6.92 Å². The van der Waals surface area contributed by atoms with Gasteiger partial charge in [0, 0.05) is 0 Å². The summed E-state index contributed by atoms with van der Waals surface area (Å²) < 4.78 is 41.5. The molecule has 0 aliphatic carbocycles. The van der Waals surface area contributed by atoms with Crippen molar-refractivity contribution in [3.05, 3.63) is 12.3 Å². The Morgan fingerprint density at radius 2 is 2.15 bits per heavy atom. The van der Waals surface area contributed by atoms with E-state index < -0.39 is 23.6 Å². The van der Waals surface area contributed by atoms with Crippen LogP contribution < -0.4 is 5.73 Å². The molecule has 0 saturated heterocycles. The highest BCUT2D eigenvalue weighted by atomic mass is 19.4. The van der Waals surface area contributed by atoms with Gasteiger partial charge in [-0.25, -0.2) is 0 Å². The summed E-state index contributed by atoms with van der Waals surface area (Å²) in [5.74, 6) is -2.50. The molecular weight excluding hydrogens is 187 g/mol. The van der Waals surface area contributed by atoms with Crippen LogP contribution in [0.5, 0.6) is 0 Å². The SMILES string of the molecule is CC1(C(F)(F)F)OC=CC1C(N)=O. The molecule has 1 rings (SSSR count). The Morgan fingerprint density at radius 3 is 2.46 bits per heavy atom. The maximum absolute atomic E-state index is 12.4. The Balaban J connectivity index is 2.99. The van der Waals surface area contributed by atoms with Crippen molar-refractivity contribution in [3.63, 3.8) is 0 Å². The number of primary amides is 1. The summed E-state index contributed by atoms with van der Waals surface area (Å²) in [5.41, 5.74) is 2.28. The first-order chi connectivity index (χ1) is 5.79. The van der Waals surface area contributed by atoms with Gasteiger partial charge in [0.2, 0.25) is 11.5 Å². The van der Waals surface area contributed by atoms with Crippen LogP contribution in [0.25, 0.3) is 0 Å². The van der Waals surface area contributed by atoms with Gasteiger partial charge in [-0.05, 0) is 13.0 Å². The minimum absolute atomic E-state index is 0.794. The lowest BCUT2D eigenvalue weighted by Crippen LogP contribution is -2.51. The lowest BCUT2D eigenvalue weighted by molar-refractivity contribution is -0.258. The molecule has 1 aliphatic heterocycles. The molecule has 0 aromatic heterocycles. The minimum Gasteiger partial charge on any atom is -0.485 e. The fraction of sp³-hybridized carbons (Fsp3) is 0.571. The van der Waals surface area contributed by atoms with E-state index in [2.05, 4.69) is 4.74 Å². The van der Waals surface area contributed by atoms with Crippen LogP contribution in [0.3, 0.4) is 0 Å². The second-order valence-corrected chi connectivity index (χ2v) is 2.93. The zero-order valence-electron chi connectivity index (χ0n) is 6.76. The molecule has 2 atom stereocenters. The van der Waals surface area contributed by atoms with E-state index in [1.807, 2.05) is 0 Å². The van der Waals surface area contributed by atoms with Gasteiger partial charge < -0.3 is 10.5 Å². The fourth-order valence-electron chi connectivity index (χ4n) is 1.13. The van der Waals surface area contributed by atoms with E-state index in [1.165, 1.54) is 0 Å². The first-order valence-electron chi connectivity index (χ1n) is 3.49. The first kappa shape index (κ1) is 9.88. The number of alkyl halides is 3. The highest BCUT2D eigenvalue weighted by Gasteiger charge is 2.61. The van der Waals surface area contributed by atoms with Crippen LogP contribution in [-0.2, 0) is 9.53 Å². The van der Waals surface area contributed by atoms with Gasteiger partial charge in [-0.15, -0.1) is 0 Å². The molecule has 1 aliphatic rings. The summed E-state index contributed by atoms with van der Waals surface area (Å²) in [5, 5.41) is 0. The Kier molecular flexibility index (Phi) is 2.01. The van der Waals surface area contributed by atoms with Crippen molar-refractivity contribution < 1.29 is 22.7 Å². The zero-order valence-corrected chi connectivity index (χ0v) is 6.76. The Labute approximate surface area is 72.3 Å². The quantitative estimate of drug-likeness (QED) is 0.677. The average Bonchev–Trinajstić information content (AvgIpc) is 2.30. The summed E-state index contributed by atoms with van der Waals surface area (Å²) in [7, 11) is 0. The summed E-state index contributed by atoms with van der Waals surface area (Å²) in [6.45, 7) is 0.794. The predicted octanol–water partition coefficient (Wildman–Crippen LogP) is 0.953. The van der Waals surface area contributed by atoms with Gasteiger partial charge in [-0.2, -0.15) is 13.2 Å². The molecule has 2 N–H and O–H groups in total. The monoisotopic (exact) mass is 195 g/mol. The van der Waals surface area contributed by atoms with Crippen LogP contribution in [0.15, 0.2) is 12.3 Å². The number of carbonyl (C=O) groups excluding carboxylic acids is 1. The molecule has 6 heteroatoms. The summed E-state index contributed by atoms with van der Waals surface area (Å²) in [4.78, 5) is 10.7. The number of carbonyl (C=O) groups is 1. The predicted molar refractivity (Wildman–Crippen MR) is 37.4 cm³/mol. The summed E-state index contributed by atoms with van der Waals surface area (Å²) in [6.07, 6.45) is -2.76. The molecule has 3 nitrogen and oxygen atoms in total. The van der Waals surface area contributed by atoms with E-state index in [0.717, 1.165) is 19.3 Å². The van der Waals surface area contributed by atoms with E-state index in [4.69, 9.17) is 5.73 Å². The van der Waals surface area contributed by atoms with E-state index in [9.17, 15) is 18.0 Å². The van der Waals surface area contributed by atoms with Crippen molar-refractivity contribution in [2.45, 2.75) is 18.7 Å². The highest BCUT2D eigenvalue weighted by molar-refractivity contribution is 5.80. The van der Waals surface area contributed by atoms with E-state index in [0.29, 0.717) is 0 Å². The maximum atomic E-state index is 12.4. The smallest absolute Gasteiger partial charge is 0.429 e. The van der Waals surface area contributed by atoms with Crippen molar-refractivity contribution in [1.29, 1.82) is 0 Å². The van der Waals surface area contributed by atoms with Gasteiger partial charge in [-0.1, -0.05) is 0 Å². The third-order valence-electron chi connectivity index (χ3n) is 2.05. The lowest BCUT2D eigenvalue weighted by atomic mass is 9.89. The number of rotatable bonds is 1. The standard InChI is InChI=1S/C7H8F3NO2/c1-6(7(8,9)10)4(5(11)12)2-3-13-6/h2-4H,1H3,(H2,11,12). The van der Waals surface area contributed by atoms with Crippen molar-refractivity contribution in [3.8, 4) is 0 Å². The van der Waals surface area contributed by atoms with Crippen LogP contribution in [0, 0.1) is 5.92 Å². The van der Waals surface area contributed by atoms with Crippen molar-refractivity contribution >= 4 is 5.91 Å². The second kappa shape index (κ2) is 2.65. The lowest BCUT2D eigenvalue weighted by Gasteiger charge is -2.30. The number of nitrogens with two attached hydrogens (primary N) is 1. The highest BCUT2D eigenvalue weighted by Crippen LogP contribution is 2.42. The third kappa shape index (κ3) is 1.36. The molecule has 0 aromatic rings. The summed E-state index contributed by atoms with van der Waals surface area (Å²) in [6, 6.07) is 0. The van der Waals surface area contributed by atoms with Crippen molar-refractivity contribution in [2.24, 2.45) is 11.7 Å². The zero-order chi connectivity index (χ0) is 10.3. The molecule has 13 heavy (non-hydrogen) atoms. The Hall–Kier alpha value is -1.20.